The summed E-state index contributed by atoms with van der Waals surface area (Å²) in [6.45, 7) is 1.40. The van der Waals surface area contributed by atoms with Crippen molar-refractivity contribution in [3.05, 3.63) is 35.9 Å². The first kappa shape index (κ1) is 13.2. The highest BCUT2D eigenvalue weighted by molar-refractivity contribution is 5.14. The van der Waals surface area contributed by atoms with E-state index in [9.17, 15) is 0 Å². The largest absolute Gasteiger partial charge is 0.396 e. The molecule has 1 unspecified atom stereocenters. The SMILES string of the molecule is NC(CCO)COCCCc1ccccc1. The summed E-state index contributed by atoms with van der Waals surface area (Å²) < 4.78 is 5.43. The minimum Gasteiger partial charge on any atom is -0.396 e. The predicted octanol–water partition coefficient (Wildman–Crippen LogP) is 1.35. The lowest BCUT2D eigenvalue weighted by atomic mass is 10.1. The number of rotatable bonds is 8. The Morgan fingerprint density at radius 3 is 2.69 bits per heavy atom. The van der Waals surface area contributed by atoms with Crippen molar-refractivity contribution in [2.24, 2.45) is 5.73 Å². The van der Waals surface area contributed by atoms with Crippen molar-refractivity contribution < 1.29 is 9.84 Å². The van der Waals surface area contributed by atoms with Crippen molar-refractivity contribution in [1.82, 2.24) is 0 Å². The fraction of sp³-hybridized carbons (Fsp3) is 0.538. The maximum absolute atomic E-state index is 8.65. The number of hydrogen-bond donors (Lipinski definition) is 2. The van der Waals surface area contributed by atoms with Gasteiger partial charge in [-0.3, -0.25) is 0 Å². The highest BCUT2D eigenvalue weighted by atomic mass is 16.5. The molecule has 0 bridgehead atoms. The monoisotopic (exact) mass is 223 g/mol. The van der Waals surface area contributed by atoms with Crippen LogP contribution >= 0.6 is 0 Å². The molecule has 0 spiro atoms. The minimum atomic E-state index is -0.0401. The van der Waals surface area contributed by atoms with Gasteiger partial charge in [-0.1, -0.05) is 30.3 Å². The number of aliphatic hydroxyl groups excluding tert-OH is 1. The van der Waals surface area contributed by atoms with Crippen LogP contribution in [0.2, 0.25) is 0 Å². The average Bonchev–Trinajstić information content (AvgIpc) is 2.30. The molecule has 0 radical (unpaired) electrons. The molecule has 0 aliphatic heterocycles. The van der Waals surface area contributed by atoms with Crippen LogP contribution < -0.4 is 5.73 Å². The summed E-state index contributed by atoms with van der Waals surface area (Å²) in [6, 6.07) is 10.3. The Labute approximate surface area is 97.2 Å². The van der Waals surface area contributed by atoms with E-state index in [1.807, 2.05) is 18.2 Å². The Morgan fingerprint density at radius 2 is 2.00 bits per heavy atom. The Morgan fingerprint density at radius 1 is 1.25 bits per heavy atom. The second kappa shape index (κ2) is 8.28. The average molecular weight is 223 g/mol. The van der Waals surface area contributed by atoms with E-state index in [1.165, 1.54) is 5.56 Å². The maximum atomic E-state index is 8.65. The number of benzene rings is 1. The van der Waals surface area contributed by atoms with Gasteiger partial charge in [-0.25, -0.2) is 0 Å². The van der Waals surface area contributed by atoms with Gasteiger partial charge in [-0.15, -0.1) is 0 Å². The van der Waals surface area contributed by atoms with E-state index >= 15 is 0 Å². The molecule has 0 aliphatic rings. The normalized spacial score (nSPS) is 12.6. The molecular weight excluding hydrogens is 202 g/mol. The molecule has 1 rings (SSSR count). The summed E-state index contributed by atoms with van der Waals surface area (Å²) in [4.78, 5) is 0. The molecule has 1 atom stereocenters. The topological polar surface area (TPSA) is 55.5 Å². The highest BCUT2D eigenvalue weighted by Gasteiger charge is 2.00. The predicted molar refractivity (Wildman–Crippen MR) is 65.3 cm³/mol. The van der Waals surface area contributed by atoms with Crippen molar-refractivity contribution >= 4 is 0 Å². The molecule has 16 heavy (non-hydrogen) atoms. The smallest absolute Gasteiger partial charge is 0.0618 e. The lowest BCUT2D eigenvalue weighted by Crippen LogP contribution is -2.27. The second-order valence-corrected chi connectivity index (χ2v) is 3.94. The molecule has 0 aromatic heterocycles. The maximum Gasteiger partial charge on any atom is 0.0618 e. The Bertz CT molecular complexity index is 264. The van der Waals surface area contributed by atoms with Gasteiger partial charge < -0.3 is 15.6 Å². The fourth-order valence-corrected chi connectivity index (χ4v) is 1.51. The van der Waals surface area contributed by atoms with Crippen LogP contribution in [0.4, 0.5) is 0 Å². The third-order valence-electron chi connectivity index (χ3n) is 2.43. The highest BCUT2D eigenvalue weighted by Crippen LogP contribution is 2.02. The summed E-state index contributed by atoms with van der Waals surface area (Å²) in [5, 5.41) is 8.65. The molecule has 0 fully saturated rings. The van der Waals surface area contributed by atoms with Crippen LogP contribution in [0.3, 0.4) is 0 Å². The molecule has 0 saturated heterocycles. The van der Waals surface area contributed by atoms with Gasteiger partial charge in [0, 0.05) is 19.3 Å². The molecule has 90 valence electrons. The molecule has 1 aromatic carbocycles. The van der Waals surface area contributed by atoms with Gasteiger partial charge in [0.05, 0.1) is 6.61 Å². The summed E-state index contributed by atoms with van der Waals surface area (Å²) in [5.74, 6) is 0. The van der Waals surface area contributed by atoms with E-state index in [2.05, 4.69) is 12.1 Å². The van der Waals surface area contributed by atoms with Gasteiger partial charge in [0.2, 0.25) is 0 Å². The summed E-state index contributed by atoms with van der Waals surface area (Å²) in [6.07, 6.45) is 2.66. The van der Waals surface area contributed by atoms with Gasteiger partial charge in [0.25, 0.3) is 0 Å². The summed E-state index contributed by atoms with van der Waals surface area (Å²) in [5.41, 5.74) is 7.03. The third kappa shape index (κ3) is 5.85. The molecule has 3 heteroatoms. The molecular formula is C13H21NO2. The number of aryl methyl sites for hydroxylation is 1. The van der Waals surface area contributed by atoms with E-state index in [-0.39, 0.29) is 12.6 Å². The minimum absolute atomic E-state index is 0.0401. The number of ether oxygens (including phenoxy) is 1. The molecule has 0 amide bonds. The van der Waals surface area contributed by atoms with Crippen LogP contribution in [0.5, 0.6) is 0 Å². The molecule has 3 nitrogen and oxygen atoms in total. The van der Waals surface area contributed by atoms with Crippen molar-refractivity contribution in [2.45, 2.75) is 25.3 Å². The zero-order valence-corrected chi connectivity index (χ0v) is 9.64. The van der Waals surface area contributed by atoms with Crippen molar-refractivity contribution in [2.75, 3.05) is 19.8 Å². The molecule has 0 heterocycles. The van der Waals surface area contributed by atoms with Crippen LogP contribution in [-0.2, 0) is 11.2 Å². The first-order valence-electron chi connectivity index (χ1n) is 5.81. The van der Waals surface area contributed by atoms with Gasteiger partial charge in [0.1, 0.15) is 0 Å². The molecule has 1 aromatic rings. The number of hydrogen-bond acceptors (Lipinski definition) is 3. The van der Waals surface area contributed by atoms with E-state index in [0.29, 0.717) is 13.0 Å². The zero-order chi connectivity index (χ0) is 11.6. The van der Waals surface area contributed by atoms with Crippen molar-refractivity contribution in [3.8, 4) is 0 Å². The fourth-order valence-electron chi connectivity index (χ4n) is 1.51. The molecule has 0 aliphatic carbocycles. The number of aliphatic hydroxyl groups is 1. The van der Waals surface area contributed by atoms with E-state index in [0.717, 1.165) is 19.4 Å². The van der Waals surface area contributed by atoms with Crippen LogP contribution in [0.15, 0.2) is 30.3 Å². The third-order valence-corrected chi connectivity index (χ3v) is 2.43. The van der Waals surface area contributed by atoms with Gasteiger partial charge >= 0.3 is 0 Å². The Balaban J connectivity index is 2.00. The van der Waals surface area contributed by atoms with Crippen LogP contribution in [0.1, 0.15) is 18.4 Å². The van der Waals surface area contributed by atoms with E-state index in [1.54, 1.807) is 0 Å². The molecule has 3 N–H and O–H groups in total. The van der Waals surface area contributed by atoms with Crippen LogP contribution in [-0.4, -0.2) is 31.0 Å². The van der Waals surface area contributed by atoms with E-state index in [4.69, 9.17) is 15.6 Å². The van der Waals surface area contributed by atoms with Crippen molar-refractivity contribution in [1.29, 1.82) is 0 Å². The van der Waals surface area contributed by atoms with Crippen LogP contribution in [0, 0.1) is 0 Å². The van der Waals surface area contributed by atoms with Gasteiger partial charge in [-0.2, -0.15) is 0 Å². The first-order chi connectivity index (χ1) is 7.83. The van der Waals surface area contributed by atoms with Gasteiger partial charge in [-0.05, 0) is 24.8 Å². The lowest BCUT2D eigenvalue weighted by molar-refractivity contribution is 0.110. The lowest BCUT2D eigenvalue weighted by Gasteiger charge is -2.10. The summed E-state index contributed by atoms with van der Waals surface area (Å²) in [7, 11) is 0. The molecule has 0 saturated carbocycles. The summed E-state index contributed by atoms with van der Waals surface area (Å²) >= 11 is 0. The Hall–Kier alpha value is -0.900. The van der Waals surface area contributed by atoms with Crippen molar-refractivity contribution in [3.63, 3.8) is 0 Å². The van der Waals surface area contributed by atoms with E-state index < -0.39 is 0 Å². The second-order valence-electron chi connectivity index (χ2n) is 3.94. The quantitative estimate of drug-likeness (QED) is 0.654. The number of nitrogens with two attached hydrogens (primary N) is 1. The van der Waals surface area contributed by atoms with Crippen LogP contribution in [0.25, 0.3) is 0 Å². The zero-order valence-electron chi connectivity index (χ0n) is 9.64. The Kier molecular flexibility index (Phi) is 6.81. The first-order valence-corrected chi connectivity index (χ1v) is 5.81. The van der Waals surface area contributed by atoms with Gasteiger partial charge in [0.15, 0.2) is 0 Å². The standard InChI is InChI=1S/C13H21NO2/c14-13(8-9-15)11-16-10-4-7-12-5-2-1-3-6-12/h1-3,5-6,13,15H,4,7-11,14H2.